The SMILES string of the molecule is CCNC(C)C(C)=Cc1cncs1. The van der Waals surface area contributed by atoms with Crippen LogP contribution in [0.3, 0.4) is 0 Å². The number of nitrogens with one attached hydrogen (secondary N) is 1. The van der Waals surface area contributed by atoms with E-state index in [1.807, 2.05) is 11.7 Å². The molecule has 1 N–H and O–H groups in total. The summed E-state index contributed by atoms with van der Waals surface area (Å²) in [5.41, 5.74) is 3.21. The molecule has 0 amide bonds. The van der Waals surface area contributed by atoms with Crippen molar-refractivity contribution < 1.29 is 0 Å². The van der Waals surface area contributed by atoms with Gasteiger partial charge in [0.15, 0.2) is 0 Å². The van der Waals surface area contributed by atoms with E-state index >= 15 is 0 Å². The van der Waals surface area contributed by atoms with Gasteiger partial charge in [0.1, 0.15) is 0 Å². The van der Waals surface area contributed by atoms with Crippen molar-refractivity contribution in [3.63, 3.8) is 0 Å². The Hall–Kier alpha value is -0.670. The Labute approximate surface area is 83.7 Å². The minimum absolute atomic E-state index is 0.451. The fourth-order valence-corrected chi connectivity index (χ4v) is 1.73. The number of likely N-dealkylation sites (N-methyl/N-ethyl adjacent to an activating group) is 1. The maximum Gasteiger partial charge on any atom is 0.0797 e. The van der Waals surface area contributed by atoms with Gasteiger partial charge in [0.25, 0.3) is 0 Å². The summed E-state index contributed by atoms with van der Waals surface area (Å²) < 4.78 is 0. The smallest absolute Gasteiger partial charge is 0.0797 e. The number of aromatic nitrogens is 1. The molecule has 1 aromatic rings. The van der Waals surface area contributed by atoms with E-state index in [1.54, 1.807) is 11.3 Å². The molecule has 0 aliphatic heterocycles. The molecule has 0 saturated heterocycles. The Morgan fingerprint density at radius 2 is 2.54 bits per heavy atom. The van der Waals surface area contributed by atoms with Crippen LogP contribution in [0.2, 0.25) is 0 Å². The van der Waals surface area contributed by atoms with E-state index in [9.17, 15) is 0 Å². The molecule has 0 saturated carbocycles. The van der Waals surface area contributed by atoms with Gasteiger partial charge in [0, 0.05) is 17.1 Å². The lowest BCUT2D eigenvalue weighted by molar-refractivity contribution is 0.636. The van der Waals surface area contributed by atoms with Gasteiger partial charge in [-0.3, -0.25) is 4.98 Å². The third kappa shape index (κ3) is 3.28. The van der Waals surface area contributed by atoms with Crippen molar-refractivity contribution in [3.05, 3.63) is 22.2 Å². The van der Waals surface area contributed by atoms with Gasteiger partial charge in [-0.25, -0.2) is 0 Å². The summed E-state index contributed by atoms with van der Waals surface area (Å²) in [6.07, 6.45) is 4.08. The molecule has 3 heteroatoms. The van der Waals surface area contributed by atoms with Crippen LogP contribution in [0.4, 0.5) is 0 Å². The van der Waals surface area contributed by atoms with E-state index in [-0.39, 0.29) is 0 Å². The van der Waals surface area contributed by atoms with Crippen LogP contribution in [0, 0.1) is 0 Å². The minimum atomic E-state index is 0.451. The topological polar surface area (TPSA) is 24.9 Å². The molecular weight excluding hydrogens is 180 g/mol. The largest absolute Gasteiger partial charge is 0.311 e. The second kappa shape index (κ2) is 5.14. The Morgan fingerprint density at radius 3 is 3.08 bits per heavy atom. The van der Waals surface area contributed by atoms with Gasteiger partial charge < -0.3 is 5.32 Å². The van der Waals surface area contributed by atoms with Crippen LogP contribution in [-0.4, -0.2) is 17.6 Å². The van der Waals surface area contributed by atoms with Crippen molar-refractivity contribution in [2.75, 3.05) is 6.54 Å². The summed E-state index contributed by atoms with van der Waals surface area (Å²) in [7, 11) is 0. The summed E-state index contributed by atoms with van der Waals surface area (Å²) in [5, 5.41) is 3.37. The zero-order chi connectivity index (χ0) is 9.68. The second-order valence-corrected chi connectivity index (χ2v) is 3.99. The lowest BCUT2D eigenvalue weighted by Crippen LogP contribution is -2.26. The highest BCUT2D eigenvalue weighted by molar-refractivity contribution is 7.10. The molecule has 0 bridgehead atoms. The molecule has 1 aromatic heterocycles. The van der Waals surface area contributed by atoms with E-state index in [0.717, 1.165) is 6.54 Å². The molecular formula is C10H16N2S. The zero-order valence-electron chi connectivity index (χ0n) is 8.37. The standard InChI is InChI=1S/C10H16N2S/c1-4-12-9(3)8(2)5-10-6-11-7-13-10/h5-7,9,12H,4H2,1-3H3. The van der Waals surface area contributed by atoms with E-state index in [1.165, 1.54) is 10.5 Å². The molecule has 0 spiro atoms. The van der Waals surface area contributed by atoms with Gasteiger partial charge in [0.05, 0.1) is 5.51 Å². The van der Waals surface area contributed by atoms with Crippen LogP contribution in [-0.2, 0) is 0 Å². The highest BCUT2D eigenvalue weighted by Gasteiger charge is 2.01. The normalized spacial score (nSPS) is 14.5. The van der Waals surface area contributed by atoms with E-state index in [4.69, 9.17) is 0 Å². The first kappa shape index (κ1) is 10.4. The number of hydrogen-bond acceptors (Lipinski definition) is 3. The summed E-state index contributed by atoms with van der Waals surface area (Å²) in [6.45, 7) is 7.45. The molecule has 0 aliphatic rings. The molecule has 72 valence electrons. The first-order valence-corrected chi connectivity index (χ1v) is 5.42. The van der Waals surface area contributed by atoms with E-state index < -0.39 is 0 Å². The van der Waals surface area contributed by atoms with Gasteiger partial charge in [-0.2, -0.15) is 0 Å². The van der Waals surface area contributed by atoms with Crippen LogP contribution in [0.15, 0.2) is 17.3 Å². The van der Waals surface area contributed by atoms with Crippen molar-refractivity contribution >= 4 is 17.4 Å². The molecule has 1 unspecified atom stereocenters. The molecule has 0 aromatic carbocycles. The maximum absolute atomic E-state index is 4.03. The predicted molar refractivity (Wildman–Crippen MR) is 58.9 cm³/mol. The van der Waals surface area contributed by atoms with Gasteiger partial charge >= 0.3 is 0 Å². The highest BCUT2D eigenvalue weighted by atomic mass is 32.1. The first-order valence-electron chi connectivity index (χ1n) is 4.54. The lowest BCUT2D eigenvalue weighted by atomic mass is 10.1. The fourth-order valence-electron chi connectivity index (χ4n) is 1.11. The quantitative estimate of drug-likeness (QED) is 0.800. The lowest BCUT2D eigenvalue weighted by Gasteiger charge is -2.12. The van der Waals surface area contributed by atoms with Crippen LogP contribution >= 0.6 is 11.3 Å². The molecule has 1 rings (SSSR count). The number of nitrogens with zero attached hydrogens (tertiary/aromatic N) is 1. The van der Waals surface area contributed by atoms with Gasteiger partial charge in [-0.15, -0.1) is 11.3 Å². The van der Waals surface area contributed by atoms with Gasteiger partial charge in [-0.1, -0.05) is 12.5 Å². The second-order valence-electron chi connectivity index (χ2n) is 3.07. The Kier molecular flexibility index (Phi) is 4.12. The molecule has 0 radical (unpaired) electrons. The number of rotatable bonds is 4. The number of hydrogen-bond donors (Lipinski definition) is 1. The number of thiazole rings is 1. The van der Waals surface area contributed by atoms with Gasteiger partial charge in [0.2, 0.25) is 0 Å². The van der Waals surface area contributed by atoms with E-state index in [2.05, 4.69) is 37.1 Å². The average Bonchev–Trinajstić information content (AvgIpc) is 2.57. The molecule has 13 heavy (non-hydrogen) atoms. The summed E-state index contributed by atoms with van der Waals surface area (Å²) >= 11 is 1.67. The molecule has 0 aliphatic carbocycles. The Morgan fingerprint density at radius 1 is 1.77 bits per heavy atom. The third-order valence-corrected chi connectivity index (χ3v) is 2.74. The highest BCUT2D eigenvalue weighted by Crippen LogP contribution is 2.12. The molecule has 0 fully saturated rings. The van der Waals surface area contributed by atoms with Crippen molar-refractivity contribution in [3.8, 4) is 0 Å². The summed E-state index contributed by atoms with van der Waals surface area (Å²) in [6, 6.07) is 0.451. The van der Waals surface area contributed by atoms with Crippen LogP contribution in [0.5, 0.6) is 0 Å². The van der Waals surface area contributed by atoms with Crippen LogP contribution in [0.1, 0.15) is 25.6 Å². The summed E-state index contributed by atoms with van der Waals surface area (Å²) in [4.78, 5) is 5.26. The minimum Gasteiger partial charge on any atom is -0.311 e. The van der Waals surface area contributed by atoms with Crippen molar-refractivity contribution in [1.82, 2.24) is 10.3 Å². The first-order chi connectivity index (χ1) is 6.24. The molecule has 1 atom stereocenters. The fraction of sp³-hybridized carbons (Fsp3) is 0.500. The molecule has 1 heterocycles. The monoisotopic (exact) mass is 196 g/mol. The Balaban J connectivity index is 2.60. The summed E-state index contributed by atoms with van der Waals surface area (Å²) in [5.74, 6) is 0. The van der Waals surface area contributed by atoms with Gasteiger partial charge in [-0.05, 0) is 26.5 Å². The molecule has 2 nitrogen and oxygen atoms in total. The zero-order valence-corrected chi connectivity index (χ0v) is 9.19. The Bertz CT molecular complexity index is 264. The maximum atomic E-state index is 4.03. The average molecular weight is 196 g/mol. The third-order valence-electron chi connectivity index (χ3n) is 2.01. The van der Waals surface area contributed by atoms with Crippen molar-refractivity contribution in [1.29, 1.82) is 0 Å². The van der Waals surface area contributed by atoms with E-state index in [0.29, 0.717) is 6.04 Å². The van der Waals surface area contributed by atoms with Crippen molar-refractivity contribution in [2.24, 2.45) is 0 Å². The van der Waals surface area contributed by atoms with Crippen LogP contribution in [0.25, 0.3) is 6.08 Å². The predicted octanol–water partition coefficient (Wildman–Crippen LogP) is 2.54. The van der Waals surface area contributed by atoms with Crippen LogP contribution < -0.4 is 5.32 Å². The van der Waals surface area contributed by atoms with Crippen molar-refractivity contribution in [2.45, 2.75) is 26.8 Å².